The van der Waals surface area contributed by atoms with Crippen LogP contribution in [0.25, 0.3) is 5.70 Å². The fourth-order valence-corrected chi connectivity index (χ4v) is 4.36. The molecule has 0 aromatic heterocycles. The lowest BCUT2D eigenvalue weighted by atomic mass is 9.98. The Bertz CT molecular complexity index is 637. The molecule has 0 aliphatic carbocycles. The van der Waals surface area contributed by atoms with Crippen molar-refractivity contribution < 1.29 is 0 Å². The molecule has 0 fully saturated rings. The van der Waals surface area contributed by atoms with Gasteiger partial charge in [0, 0.05) is 25.2 Å². The van der Waals surface area contributed by atoms with E-state index in [1.165, 1.54) is 73.9 Å². The molecule has 1 aliphatic heterocycles. The second-order valence-electron chi connectivity index (χ2n) is 9.00. The van der Waals surface area contributed by atoms with E-state index in [-0.39, 0.29) is 0 Å². The van der Waals surface area contributed by atoms with Gasteiger partial charge >= 0.3 is 0 Å². The summed E-state index contributed by atoms with van der Waals surface area (Å²) in [5.41, 5.74) is 15.0. The van der Waals surface area contributed by atoms with Crippen molar-refractivity contribution in [1.82, 2.24) is 15.6 Å². The largest absolute Gasteiger partial charge is 0.325 e. The number of nitrogens with one attached hydrogen (secondary N) is 1. The molecule has 170 valence electrons. The van der Waals surface area contributed by atoms with Gasteiger partial charge in [-0.2, -0.15) is 0 Å². The van der Waals surface area contributed by atoms with E-state index in [0.29, 0.717) is 18.4 Å². The Labute approximate surface area is 185 Å². The summed E-state index contributed by atoms with van der Waals surface area (Å²) >= 11 is 0. The number of aryl methyl sites for hydroxylation is 1. The van der Waals surface area contributed by atoms with Gasteiger partial charge in [0.2, 0.25) is 0 Å². The zero-order chi connectivity index (χ0) is 21.9. The predicted molar refractivity (Wildman–Crippen MR) is 130 cm³/mol. The quantitative estimate of drug-likeness (QED) is 0.386. The van der Waals surface area contributed by atoms with Crippen molar-refractivity contribution in [2.24, 2.45) is 17.6 Å². The summed E-state index contributed by atoms with van der Waals surface area (Å²) in [4.78, 5) is 0. The van der Waals surface area contributed by atoms with Gasteiger partial charge in [-0.1, -0.05) is 96.0 Å². The maximum atomic E-state index is 6.34. The van der Waals surface area contributed by atoms with E-state index in [9.17, 15) is 0 Å². The van der Waals surface area contributed by atoms with Gasteiger partial charge in [-0.15, -0.1) is 5.12 Å². The molecule has 1 heterocycles. The van der Waals surface area contributed by atoms with Gasteiger partial charge in [0.1, 0.15) is 0 Å². The molecule has 2 unspecified atom stereocenters. The Balaban J connectivity index is 2.29. The van der Waals surface area contributed by atoms with Crippen molar-refractivity contribution >= 4 is 5.70 Å². The van der Waals surface area contributed by atoms with Crippen LogP contribution < -0.4 is 11.2 Å². The van der Waals surface area contributed by atoms with Gasteiger partial charge in [0.15, 0.2) is 0 Å². The van der Waals surface area contributed by atoms with Crippen molar-refractivity contribution in [2.75, 3.05) is 19.6 Å². The number of rotatable bonds is 14. The molecular formula is C26H46N4. The first-order valence-electron chi connectivity index (χ1n) is 12.4. The highest BCUT2D eigenvalue weighted by Crippen LogP contribution is 2.30. The summed E-state index contributed by atoms with van der Waals surface area (Å²) < 4.78 is 0. The van der Waals surface area contributed by atoms with Crippen molar-refractivity contribution in [3.05, 3.63) is 41.1 Å². The molecular weight excluding hydrogens is 368 g/mol. The summed E-state index contributed by atoms with van der Waals surface area (Å²) in [5, 5.41) is 4.86. The number of hydrogen-bond acceptors (Lipinski definition) is 4. The monoisotopic (exact) mass is 414 g/mol. The molecule has 1 aliphatic rings. The van der Waals surface area contributed by atoms with Gasteiger partial charge < -0.3 is 5.73 Å². The molecule has 0 saturated carbocycles. The fourth-order valence-electron chi connectivity index (χ4n) is 4.36. The molecule has 0 radical (unpaired) electrons. The summed E-state index contributed by atoms with van der Waals surface area (Å²) in [6.07, 6.45) is 10.2. The predicted octanol–water partition coefficient (Wildman–Crippen LogP) is 6.09. The van der Waals surface area contributed by atoms with E-state index in [2.05, 4.69) is 74.4 Å². The Kier molecular flexibility index (Phi) is 10.7. The van der Waals surface area contributed by atoms with Crippen LogP contribution in [0, 0.1) is 18.8 Å². The Hall–Kier alpha value is -1.52. The van der Waals surface area contributed by atoms with Crippen molar-refractivity contribution in [2.45, 2.75) is 86.0 Å². The smallest absolute Gasteiger partial charge is 0.0799 e. The fraction of sp³-hybridized carbons (Fsp3) is 0.692. The van der Waals surface area contributed by atoms with Crippen LogP contribution in [-0.4, -0.2) is 29.8 Å². The van der Waals surface area contributed by atoms with E-state index < -0.39 is 0 Å². The van der Waals surface area contributed by atoms with E-state index in [0.717, 1.165) is 13.1 Å². The third kappa shape index (κ3) is 6.75. The van der Waals surface area contributed by atoms with Crippen LogP contribution in [0.4, 0.5) is 0 Å². The highest BCUT2D eigenvalue weighted by molar-refractivity contribution is 5.68. The molecule has 2 rings (SSSR count). The van der Waals surface area contributed by atoms with Gasteiger partial charge in [-0.25, -0.2) is 0 Å². The van der Waals surface area contributed by atoms with Crippen LogP contribution in [0.2, 0.25) is 0 Å². The molecule has 4 heteroatoms. The highest BCUT2D eigenvalue weighted by atomic mass is 15.8. The molecule has 0 amide bonds. The highest BCUT2D eigenvalue weighted by Gasteiger charge is 2.32. The Morgan fingerprint density at radius 2 is 1.43 bits per heavy atom. The molecule has 3 N–H and O–H groups in total. The second kappa shape index (κ2) is 13.0. The van der Waals surface area contributed by atoms with Gasteiger partial charge in [0.05, 0.1) is 11.4 Å². The summed E-state index contributed by atoms with van der Waals surface area (Å²) in [6.45, 7) is 14.0. The van der Waals surface area contributed by atoms with Crippen LogP contribution in [-0.2, 0) is 0 Å². The number of unbranched alkanes of at least 4 members (excludes halogenated alkanes) is 2. The third-order valence-corrected chi connectivity index (χ3v) is 6.61. The Morgan fingerprint density at radius 1 is 0.867 bits per heavy atom. The molecule has 1 aromatic rings. The zero-order valence-electron chi connectivity index (χ0n) is 20.2. The SMILES string of the molecule is CCCCC(CC)CN1NC(c2ccc(C)cc2)=C(CN)N1CC(CC)CCCC. The minimum Gasteiger partial charge on any atom is -0.325 e. The minimum atomic E-state index is 0.558. The molecule has 1 aromatic carbocycles. The van der Waals surface area contributed by atoms with Gasteiger partial charge in [-0.3, -0.25) is 10.4 Å². The van der Waals surface area contributed by atoms with E-state index in [1.54, 1.807) is 0 Å². The average Bonchev–Trinajstić information content (AvgIpc) is 3.11. The molecule has 0 spiro atoms. The van der Waals surface area contributed by atoms with Crippen LogP contribution in [0.15, 0.2) is 30.0 Å². The maximum Gasteiger partial charge on any atom is 0.0799 e. The lowest BCUT2D eigenvalue weighted by Gasteiger charge is -2.36. The number of nitrogens with two attached hydrogens (primary N) is 1. The number of hydrazine groups is 2. The van der Waals surface area contributed by atoms with Crippen LogP contribution in [0.1, 0.15) is 90.2 Å². The summed E-state index contributed by atoms with van der Waals surface area (Å²) in [5.74, 6) is 1.40. The van der Waals surface area contributed by atoms with E-state index in [4.69, 9.17) is 5.73 Å². The van der Waals surface area contributed by atoms with Gasteiger partial charge in [-0.05, 0) is 31.6 Å². The average molecular weight is 415 g/mol. The lowest BCUT2D eigenvalue weighted by Crippen LogP contribution is -2.48. The van der Waals surface area contributed by atoms with Crippen molar-refractivity contribution in [1.29, 1.82) is 0 Å². The van der Waals surface area contributed by atoms with Crippen molar-refractivity contribution in [3.8, 4) is 0 Å². The molecule has 0 bridgehead atoms. The first kappa shape index (κ1) is 24.7. The van der Waals surface area contributed by atoms with Crippen LogP contribution in [0.5, 0.6) is 0 Å². The van der Waals surface area contributed by atoms with Crippen molar-refractivity contribution in [3.63, 3.8) is 0 Å². The van der Waals surface area contributed by atoms with E-state index >= 15 is 0 Å². The zero-order valence-corrected chi connectivity index (χ0v) is 20.2. The standard InChI is InChI=1S/C26H46N4/c1-6-10-12-22(8-3)19-29-25(18-27)26(24-16-14-21(5)15-17-24)28-30(29)20-23(9-4)13-11-7-2/h14-17,22-23,28H,6-13,18-20,27H2,1-5H3. The molecule has 2 atom stereocenters. The minimum absolute atomic E-state index is 0.558. The maximum absolute atomic E-state index is 6.34. The normalized spacial score (nSPS) is 16.8. The van der Waals surface area contributed by atoms with E-state index in [1.807, 2.05) is 0 Å². The summed E-state index contributed by atoms with van der Waals surface area (Å²) in [7, 11) is 0. The number of nitrogens with zero attached hydrogens (tertiary/aromatic N) is 2. The van der Waals surface area contributed by atoms with Crippen LogP contribution >= 0.6 is 0 Å². The molecule has 0 saturated heterocycles. The second-order valence-corrected chi connectivity index (χ2v) is 9.00. The summed E-state index contributed by atoms with van der Waals surface area (Å²) in [6, 6.07) is 8.82. The molecule has 4 nitrogen and oxygen atoms in total. The number of benzene rings is 1. The lowest BCUT2D eigenvalue weighted by molar-refractivity contribution is -0.0300. The Morgan fingerprint density at radius 3 is 1.93 bits per heavy atom. The van der Waals surface area contributed by atoms with Gasteiger partial charge in [0.25, 0.3) is 0 Å². The van der Waals surface area contributed by atoms with Crippen LogP contribution in [0.3, 0.4) is 0 Å². The molecule has 30 heavy (non-hydrogen) atoms. The third-order valence-electron chi connectivity index (χ3n) is 6.61. The first-order valence-corrected chi connectivity index (χ1v) is 12.4. The number of hydrogen-bond donors (Lipinski definition) is 2. The first-order chi connectivity index (χ1) is 14.6. The topological polar surface area (TPSA) is 44.5 Å².